The summed E-state index contributed by atoms with van der Waals surface area (Å²) in [6.45, 7) is 1.59. The normalized spacial score (nSPS) is 10.4. The third-order valence-corrected chi connectivity index (χ3v) is 3.23. The molecule has 0 bridgehead atoms. The van der Waals surface area contributed by atoms with Gasteiger partial charge in [0.25, 0.3) is 0 Å². The van der Waals surface area contributed by atoms with Gasteiger partial charge in [0.15, 0.2) is 0 Å². The molecule has 0 fully saturated rings. The summed E-state index contributed by atoms with van der Waals surface area (Å²) in [5.41, 5.74) is 0. The van der Waals surface area contributed by atoms with Gasteiger partial charge in [-0.3, -0.25) is 0 Å². The van der Waals surface area contributed by atoms with Gasteiger partial charge < -0.3 is 10.6 Å². The van der Waals surface area contributed by atoms with E-state index >= 15 is 0 Å². The molecule has 0 aliphatic carbocycles. The van der Waals surface area contributed by atoms with Gasteiger partial charge in [0, 0.05) is 17.6 Å². The number of nitrogens with zero attached hydrogens (tertiary/aromatic N) is 2. The van der Waals surface area contributed by atoms with Gasteiger partial charge in [-0.15, -0.1) is 11.3 Å². The number of rotatable bonds is 6. The van der Waals surface area contributed by atoms with Crippen LogP contribution in [0.2, 0.25) is 0 Å². The number of hydrogen-bond donors (Lipinski definition) is 2. The largest absolute Gasteiger partial charge is 0.370 e. The summed E-state index contributed by atoms with van der Waals surface area (Å²) >= 11 is 1.79. The van der Waals surface area contributed by atoms with Crippen molar-refractivity contribution in [2.24, 2.45) is 0 Å². The Labute approximate surface area is 105 Å². The SMILES string of the molecule is CNCc1nccc(NCCc2cccs2)n1. The average Bonchev–Trinajstić information content (AvgIpc) is 2.83. The molecule has 4 nitrogen and oxygen atoms in total. The van der Waals surface area contributed by atoms with Gasteiger partial charge in [0.05, 0.1) is 6.54 Å². The molecule has 0 aliphatic rings. The van der Waals surface area contributed by atoms with Gasteiger partial charge in [-0.05, 0) is 31.0 Å². The van der Waals surface area contributed by atoms with Crippen LogP contribution in [0.25, 0.3) is 0 Å². The summed E-state index contributed by atoms with van der Waals surface area (Å²) in [5, 5.41) is 8.45. The molecule has 2 aromatic heterocycles. The van der Waals surface area contributed by atoms with Crippen LogP contribution in [0.5, 0.6) is 0 Å². The minimum Gasteiger partial charge on any atom is -0.370 e. The Kier molecular flexibility index (Phi) is 4.46. The fourth-order valence-electron chi connectivity index (χ4n) is 1.51. The second kappa shape index (κ2) is 6.32. The Balaban J connectivity index is 1.84. The summed E-state index contributed by atoms with van der Waals surface area (Å²) in [4.78, 5) is 9.97. The molecule has 2 heterocycles. The van der Waals surface area contributed by atoms with Gasteiger partial charge in [-0.25, -0.2) is 9.97 Å². The van der Waals surface area contributed by atoms with Crippen molar-refractivity contribution in [1.29, 1.82) is 0 Å². The van der Waals surface area contributed by atoms with Crippen LogP contribution in [-0.2, 0) is 13.0 Å². The van der Waals surface area contributed by atoms with Crippen molar-refractivity contribution in [1.82, 2.24) is 15.3 Å². The summed E-state index contributed by atoms with van der Waals surface area (Å²) in [7, 11) is 1.89. The zero-order valence-electron chi connectivity index (χ0n) is 9.81. The molecule has 0 saturated heterocycles. The van der Waals surface area contributed by atoms with Crippen molar-refractivity contribution < 1.29 is 0 Å². The van der Waals surface area contributed by atoms with Crippen LogP contribution in [0.1, 0.15) is 10.7 Å². The Bertz CT molecular complexity index is 442. The number of aromatic nitrogens is 2. The number of thiophene rings is 1. The number of anilines is 1. The standard InChI is InChI=1S/C12H16N4S/c1-13-9-12-15-7-5-11(16-12)14-6-4-10-3-2-8-17-10/h2-3,5,7-8,13H,4,6,9H2,1H3,(H,14,15,16). The molecule has 0 amide bonds. The van der Waals surface area contributed by atoms with E-state index in [9.17, 15) is 0 Å². The highest BCUT2D eigenvalue weighted by Gasteiger charge is 1.98. The smallest absolute Gasteiger partial charge is 0.144 e. The molecule has 0 unspecified atom stereocenters. The molecule has 0 aliphatic heterocycles. The van der Waals surface area contributed by atoms with E-state index in [2.05, 4.69) is 38.1 Å². The third-order valence-electron chi connectivity index (χ3n) is 2.30. The molecule has 0 atom stereocenters. The molecule has 2 N–H and O–H groups in total. The van der Waals surface area contributed by atoms with E-state index < -0.39 is 0 Å². The molecule has 2 aromatic rings. The third kappa shape index (κ3) is 3.80. The lowest BCUT2D eigenvalue weighted by Gasteiger charge is -2.05. The van der Waals surface area contributed by atoms with Crippen molar-refractivity contribution in [2.75, 3.05) is 18.9 Å². The van der Waals surface area contributed by atoms with Crippen LogP contribution in [-0.4, -0.2) is 23.6 Å². The highest BCUT2D eigenvalue weighted by atomic mass is 32.1. The van der Waals surface area contributed by atoms with Crippen molar-refractivity contribution >= 4 is 17.2 Å². The first-order valence-corrected chi connectivity index (χ1v) is 6.49. The molecule has 5 heteroatoms. The van der Waals surface area contributed by atoms with E-state index in [1.165, 1.54) is 4.88 Å². The monoisotopic (exact) mass is 248 g/mol. The van der Waals surface area contributed by atoms with E-state index in [0.717, 1.165) is 24.6 Å². The maximum Gasteiger partial charge on any atom is 0.144 e. The van der Waals surface area contributed by atoms with Crippen LogP contribution in [0.4, 0.5) is 5.82 Å². The predicted molar refractivity (Wildman–Crippen MR) is 71.3 cm³/mol. The predicted octanol–water partition coefficient (Wildman–Crippen LogP) is 1.91. The van der Waals surface area contributed by atoms with Crippen LogP contribution in [0.15, 0.2) is 29.8 Å². The minimum absolute atomic E-state index is 0.695. The molecule has 0 spiro atoms. The Hall–Kier alpha value is -1.46. The Morgan fingerprint density at radius 2 is 2.29 bits per heavy atom. The lowest BCUT2D eigenvalue weighted by Crippen LogP contribution is -2.11. The molecular formula is C12H16N4S. The van der Waals surface area contributed by atoms with Crippen molar-refractivity contribution in [3.8, 4) is 0 Å². The van der Waals surface area contributed by atoms with Crippen LogP contribution in [0.3, 0.4) is 0 Å². The van der Waals surface area contributed by atoms with Gasteiger partial charge in [0.1, 0.15) is 11.6 Å². The van der Waals surface area contributed by atoms with E-state index in [1.54, 1.807) is 17.5 Å². The zero-order valence-corrected chi connectivity index (χ0v) is 10.6. The van der Waals surface area contributed by atoms with Gasteiger partial charge in [-0.1, -0.05) is 6.07 Å². The Morgan fingerprint density at radius 3 is 3.06 bits per heavy atom. The van der Waals surface area contributed by atoms with Crippen molar-refractivity contribution in [3.63, 3.8) is 0 Å². The average molecular weight is 248 g/mol. The summed E-state index contributed by atoms with van der Waals surface area (Å²) in [6.07, 6.45) is 2.82. The summed E-state index contributed by atoms with van der Waals surface area (Å²) in [5.74, 6) is 1.70. The fraction of sp³-hybridized carbons (Fsp3) is 0.333. The second-order valence-corrected chi connectivity index (χ2v) is 4.68. The second-order valence-electron chi connectivity index (χ2n) is 3.64. The summed E-state index contributed by atoms with van der Waals surface area (Å²) < 4.78 is 0. The molecule has 0 saturated carbocycles. The molecule has 17 heavy (non-hydrogen) atoms. The number of nitrogens with one attached hydrogen (secondary N) is 2. The first kappa shape index (κ1) is 12.0. The van der Waals surface area contributed by atoms with Crippen LogP contribution < -0.4 is 10.6 Å². The first-order chi connectivity index (χ1) is 8.38. The van der Waals surface area contributed by atoms with Gasteiger partial charge >= 0.3 is 0 Å². The maximum absolute atomic E-state index is 4.40. The molecule has 0 aromatic carbocycles. The van der Waals surface area contributed by atoms with E-state index in [-0.39, 0.29) is 0 Å². The number of hydrogen-bond acceptors (Lipinski definition) is 5. The lowest BCUT2D eigenvalue weighted by molar-refractivity contribution is 0.758. The molecule has 90 valence electrons. The molecule has 2 rings (SSSR count). The highest BCUT2D eigenvalue weighted by Crippen LogP contribution is 2.09. The first-order valence-electron chi connectivity index (χ1n) is 5.61. The topological polar surface area (TPSA) is 49.8 Å². The van der Waals surface area contributed by atoms with E-state index in [0.29, 0.717) is 6.54 Å². The van der Waals surface area contributed by atoms with E-state index in [1.807, 2.05) is 13.1 Å². The lowest BCUT2D eigenvalue weighted by atomic mass is 10.3. The zero-order chi connectivity index (χ0) is 11.9. The Morgan fingerprint density at radius 1 is 1.35 bits per heavy atom. The molecule has 0 radical (unpaired) electrons. The van der Waals surface area contributed by atoms with Gasteiger partial charge in [0.2, 0.25) is 0 Å². The maximum atomic E-state index is 4.40. The fourth-order valence-corrected chi connectivity index (χ4v) is 2.22. The minimum atomic E-state index is 0.695. The molecular weight excluding hydrogens is 232 g/mol. The van der Waals surface area contributed by atoms with E-state index in [4.69, 9.17) is 0 Å². The van der Waals surface area contributed by atoms with Crippen molar-refractivity contribution in [2.45, 2.75) is 13.0 Å². The van der Waals surface area contributed by atoms with Gasteiger partial charge in [-0.2, -0.15) is 0 Å². The van der Waals surface area contributed by atoms with Crippen LogP contribution >= 0.6 is 11.3 Å². The highest BCUT2D eigenvalue weighted by molar-refractivity contribution is 7.09. The van der Waals surface area contributed by atoms with Crippen LogP contribution in [0, 0.1) is 0 Å². The quantitative estimate of drug-likeness (QED) is 0.820. The van der Waals surface area contributed by atoms with Crippen molar-refractivity contribution in [3.05, 3.63) is 40.5 Å². The summed E-state index contributed by atoms with van der Waals surface area (Å²) in [6, 6.07) is 6.13.